The molecule has 0 radical (unpaired) electrons. The summed E-state index contributed by atoms with van der Waals surface area (Å²) in [6.45, 7) is 2.01. The van der Waals surface area contributed by atoms with E-state index in [1.54, 1.807) is 4.52 Å². The van der Waals surface area contributed by atoms with Crippen molar-refractivity contribution in [3.63, 3.8) is 0 Å². The molecule has 0 bridgehead atoms. The summed E-state index contributed by atoms with van der Waals surface area (Å²) in [6.07, 6.45) is 1.45. The Labute approximate surface area is 96.8 Å². The highest BCUT2D eigenvalue weighted by Gasteiger charge is 2.14. The third kappa shape index (κ3) is 1.23. The van der Waals surface area contributed by atoms with Gasteiger partial charge in [-0.1, -0.05) is 0 Å². The number of fused-ring (bicyclic) bond motifs is 1. The fraction of sp³-hybridized carbons (Fsp3) is 0.143. The summed E-state index contributed by atoms with van der Waals surface area (Å²) in [7, 11) is 0. The number of rotatable bonds is 0. The second-order valence-electron chi connectivity index (χ2n) is 2.64. The molecular weight excluding hydrogens is 347 g/mol. The van der Waals surface area contributed by atoms with Crippen molar-refractivity contribution >= 4 is 49.9 Å². The van der Waals surface area contributed by atoms with Crippen LogP contribution in [0.25, 0.3) is 5.52 Å². The van der Waals surface area contributed by atoms with Crippen LogP contribution >= 0.6 is 38.5 Å². The maximum Gasteiger partial charge on any atom is 0.152 e. The Morgan fingerprint density at radius 3 is 2.92 bits per heavy atom. The van der Waals surface area contributed by atoms with Crippen LogP contribution in [-0.4, -0.2) is 14.6 Å². The molecule has 2 rings (SSSR count). The lowest BCUT2D eigenvalue weighted by Crippen LogP contribution is -1.99. The van der Waals surface area contributed by atoms with Crippen molar-refractivity contribution in [1.29, 1.82) is 0 Å². The Morgan fingerprint density at radius 1 is 1.62 bits per heavy atom. The molecule has 2 aromatic heterocycles. The first-order valence-corrected chi connectivity index (χ1v) is 5.43. The lowest BCUT2D eigenvalue weighted by Gasteiger charge is -1.96. The Morgan fingerprint density at radius 2 is 2.31 bits per heavy atom. The van der Waals surface area contributed by atoms with Crippen LogP contribution in [0.15, 0.2) is 10.9 Å². The van der Waals surface area contributed by atoms with E-state index in [0.717, 1.165) is 19.3 Å². The summed E-state index contributed by atoms with van der Waals surface area (Å²) < 4.78 is 3.77. The molecule has 0 unspecified atom stereocenters. The van der Waals surface area contributed by atoms with E-state index in [1.807, 2.05) is 6.92 Å². The van der Waals surface area contributed by atoms with Crippen LogP contribution in [-0.2, 0) is 0 Å². The average molecular weight is 353 g/mol. The molecule has 68 valence electrons. The van der Waals surface area contributed by atoms with Gasteiger partial charge in [0.15, 0.2) is 5.82 Å². The molecule has 0 saturated heterocycles. The van der Waals surface area contributed by atoms with Crippen molar-refractivity contribution in [3.8, 4) is 0 Å². The molecule has 2 aromatic rings. The second kappa shape index (κ2) is 3.09. The van der Waals surface area contributed by atoms with Crippen molar-refractivity contribution in [2.75, 3.05) is 5.73 Å². The Bertz CT molecular complexity index is 479. The first-order valence-electron chi connectivity index (χ1n) is 3.55. The fourth-order valence-electron chi connectivity index (χ4n) is 1.15. The average Bonchev–Trinajstić information content (AvgIpc) is 2.33. The molecule has 0 aliphatic rings. The molecule has 6 heteroatoms. The smallest absolute Gasteiger partial charge is 0.152 e. The highest BCUT2D eigenvalue weighted by molar-refractivity contribution is 14.1. The zero-order valence-electron chi connectivity index (χ0n) is 6.75. The van der Waals surface area contributed by atoms with Crippen LogP contribution < -0.4 is 5.73 Å². The normalized spacial score (nSPS) is 11.0. The number of nitrogens with two attached hydrogens (primary N) is 1. The van der Waals surface area contributed by atoms with Crippen LogP contribution in [0.1, 0.15) is 5.56 Å². The van der Waals surface area contributed by atoms with E-state index in [4.69, 9.17) is 5.73 Å². The van der Waals surface area contributed by atoms with Crippen molar-refractivity contribution in [3.05, 3.63) is 20.1 Å². The van der Waals surface area contributed by atoms with E-state index in [-0.39, 0.29) is 0 Å². The number of nitrogens with zero attached hydrogens (tertiary/aromatic N) is 3. The molecule has 13 heavy (non-hydrogen) atoms. The van der Waals surface area contributed by atoms with Crippen LogP contribution in [0, 0.1) is 10.5 Å². The lowest BCUT2D eigenvalue weighted by molar-refractivity contribution is 0.885. The van der Waals surface area contributed by atoms with E-state index in [0.29, 0.717) is 5.82 Å². The molecule has 0 aromatic carbocycles. The summed E-state index contributed by atoms with van der Waals surface area (Å²) >= 11 is 5.69. The Kier molecular flexibility index (Phi) is 2.18. The minimum atomic E-state index is 0.508. The number of aromatic nitrogens is 3. The predicted molar refractivity (Wildman–Crippen MR) is 62.6 cm³/mol. The topological polar surface area (TPSA) is 56.2 Å². The van der Waals surface area contributed by atoms with Gasteiger partial charge in [-0.05, 0) is 51.0 Å². The number of halogens is 2. The molecule has 2 N–H and O–H groups in total. The van der Waals surface area contributed by atoms with Crippen LogP contribution in [0.3, 0.4) is 0 Å². The molecule has 0 saturated carbocycles. The minimum Gasteiger partial charge on any atom is -0.382 e. The predicted octanol–water partition coefficient (Wildman–Crippen LogP) is 1.99. The number of anilines is 1. The monoisotopic (exact) mass is 352 g/mol. The van der Waals surface area contributed by atoms with Gasteiger partial charge >= 0.3 is 0 Å². The first-order chi connectivity index (χ1) is 6.13. The quantitative estimate of drug-likeness (QED) is 0.738. The van der Waals surface area contributed by atoms with Gasteiger partial charge in [0.2, 0.25) is 0 Å². The maximum atomic E-state index is 5.74. The zero-order valence-corrected chi connectivity index (χ0v) is 10.5. The van der Waals surface area contributed by atoms with Gasteiger partial charge in [0.25, 0.3) is 0 Å². The van der Waals surface area contributed by atoms with E-state index >= 15 is 0 Å². The Balaban J connectivity index is 3.03. The summed E-state index contributed by atoms with van der Waals surface area (Å²) in [5.41, 5.74) is 7.74. The van der Waals surface area contributed by atoms with Gasteiger partial charge in [-0.25, -0.2) is 9.50 Å². The van der Waals surface area contributed by atoms with Crippen molar-refractivity contribution in [1.82, 2.24) is 14.6 Å². The van der Waals surface area contributed by atoms with Gasteiger partial charge in [0, 0.05) is 3.57 Å². The third-order valence-electron chi connectivity index (χ3n) is 1.85. The van der Waals surface area contributed by atoms with Gasteiger partial charge in [-0.15, -0.1) is 0 Å². The summed E-state index contributed by atoms with van der Waals surface area (Å²) in [6, 6.07) is 0. The van der Waals surface area contributed by atoms with Crippen molar-refractivity contribution in [2.45, 2.75) is 6.92 Å². The van der Waals surface area contributed by atoms with E-state index in [9.17, 15) is 0 Å². The fourth-order valence-corrected chi connectivity index (χ4v) is 2.75. The number of nitrogen functional groups attached to an aromatic ring is 1. The molecule has 4 nitrogen and oxygen atoms in total. The van der Waals surface area contributed by atoms with Gasteiger partial charge in [-0.2, -0.15) is 5.10 Å². The molecule has 0 aliphatic carbocycles. The van der Waals surface area contributed by atoms with Crippen molar-refractivity contribution in [2.24, 2.45) is 0 Å². The van der Waals surface area contributed by atoms with Gasteiger partial charge in [-0.3, -0.25) is 0 Å². The zero-order chi connectivity index (χ0) is 9.59. The van der Waals surface area contributed by atoms with E-state index in [2.05, 4.69) is 48.6 Å². The summed E-state index contributed by atoms with van der Waals surface area (Å²) in [5, 5.41) is 4.10. The first kappa shape index (κ1) is 9.20. The van der Waals surface area contributed by atoms with Gasteiger partial charge < -0.3 is 5.73 Å². The largest absolute Gasteiger partial charge is 0.382 e. The highest BCUT2D eigenvalue weighted by Crippen LogP contribution is 2.29. The van der Waals surface area contributed by atoms with Gasteiger partial charge in [0.1, 0.15) is 16.4 Å². The summed E-state index contributed by atoms with van der Waals surface area (Å²) in [4.78, 5) is 3.94. The lowest BCUT2D eigenvalue weighted by atomic mass is 10.4. The second-order valence-corrected chi connectivity index (χ2v) is 4.47. The van der Waals surface area contributed by atoms with E-state index < -0.39 is 0 Å². The Hall–Kier alpha value is -0.370. The molecule has 0 atom stereocenters. The van der Waals surface area contributed by atoms with Crippen LogP contribution in [0.2, 0.25) is 0 Å². The number of hydrogen-bond acceptors (Lipinski definition) is 3. The highest BCUT2D eigenvalue weighted by atomic mass is 127. The number of hydrogen-bond donors (Lipinski definition) is 1. The molecule has 2 heterocycles. The molecule has 0 spiro atoms. The molecule has 0 amide bonds. The van der Waals surface area contributed by atoms with E-state index in [1.165, 1.54) is 6.33 Å². The van der Waals surface area contributed by atoms with Gasteiger partial charge in [0.05, 0.1) is 0 Å². The molecule has 0 fully saturated rings. The standard InChI is InChI=1S/C7H6BrIN4/c1-3-4(9)5-7(10)11-2-12-13(5)6(3)8/h2H,1H3,(H2,10,11,12). The van der Waals surface area contributed by atoms with Crippen LogP contribution in [0.4, 0.5) is 5.82 Å². The third-order valence-corrected chi connectivity index (χ3v) is 4.10. The van der Waals surface area contributed by atoms with Crippen LogP contribution in [0.5, 0.6) is 0 Å². The van der Waals surface area contributed by atoms with Crippen molar-refractivity contribution < 1.29 is 0 Å². The minimum absolute atomic E-state index is 0.508. The summed E-state index contributed by atoms with van der Waals surface area (Å²) in [5.74, 6) is 0.508. The maximum absolute atomic E-state index is 5.74. The SMILES string of the molecule is Cc1c(I)c2c(N)ncnn2c1Br. The molecular formula is C7H6BrIN4. The molecule has 0 aliphatic heterocycles.